The normalized spacial score (nSPS) is 12.9. The van der Waals surface area contributed by atoms with Crippen LogP contribution >= 0.6 is 11.8 Å². The predicted molar refractivity (Wildman–Crippen MR) is 83.0 cm³/mol. The lowest BCUT2D eigenvalue weighted by atomic mass is 10.2. The van der Waals surface area contributed by atoms with Gasteiger partial charge in [-0.25, -0.2) is 4.98 Å². The van der Waals surface area contributed by atoms with Gasteiger partial charge < -0.3 is 9.88 Å². The van der Waals surface area contributed by atoms with Crippen molar-refractivity contribution in [3.8, 4) is 11.3 Å². The number of amides is 1. The third-order valence-corrected chi connectivity index (χ3v) is 4.29. The Morgan fingerprint density at radius 2 is 2.00 bits per heavy atom. The molecular weight excluding hydrogens is 327 g/mol. The first-order chi connectivity index (χ1) is 10.8. The third kappa shape index (κ3) is 4.75. The minimum Gasteiger partial charge on any atom is -0.346 e. The number of imidazole rings is 1. The Morgan fingerprint density at radius 3 is 2.61 bits per heavy atom. The summed E-state index contributed by atoms with van der Waals surface area (Å²) in [6.07, 6.45) is -2.73. The van der Waals surface area contributed by atoms with E-state index in [0.29, 0.717) is 5.16 Å². The molecule has 0 saturated carbocycles. The van der Waals surface area contributed by atoms with Crippen molar-refractivity contribution in [2.24, 2.45) is 7.05 Å². The summed E-state index contributed by atoms with van der Waals surface area (Å²) in [5, 5.41) is 1.77. The van der Waals surface area contributed by atoms with Gasteiger partial charge in [0.25, 0.3) is 0 Å². The third-order valence-electron chi connectivity index (χ3n) is 3.13. The number of carbonyl (C=O) groups excluding carboxylic acids is 1. The molecule has 0 aliphatic rings. The van der Waals surface area contributed by atoms with Crippen LogP contribution < -0.4 is 5.32 Å². The molecule has 0 radical (unpaired) electrons. The summed E-state index contributed by atoms with van der Waals surface area (Å²) in [7, 11) is 1.80. The molecule has 0 fully saturated rings. The Bertz CT molecular complexity index is 670. The van der Waals surface area contributed by atoms with Crippen molar-refractivity contribution in [2.75, 3.05) is 6.54 Å². The molecule has 0 aliphatic heterocycles. The topological polar surface area (TPSA) is 46.9 Å². The summed E-state index contributed by atoms with van der Waals surface area (Å²) in [4.78, 5) is 16.0. The zero-order valence-electron chi connectivity index (χ0n) is 12.6. The van der Waals surface area contributed by atoms with Gasteiger partial charge in [0.1, 0.15) is 6.54 Å². The van der Waals surface area contributed by atoms with Gasteiger partial charge in [0, 0.05) is 7.05 Å². The number of rotatable bonds is 5. The molecule has 1 aromatic carbocycles. The highest BCUT2D eigenvalue weighted by Crippen LogP contribution is 2.27. The Morgan fingerprint density at radius 1 is 1.35 bits per heavy atom. The van der Waals surface area contributed by atoms with E-state index in [1.807, 2.05) is 40.2 Å². The summed E-state index contributed by atoms with van der Waals surface area (Å²) in [6.45, 7) is 0.222. The maximum absolute atomic E-state index is 12.1. The number of halogens is 3. The molecule has 1 amide bonds. The molecule has 0 bridgehead atoms. The van der Waals surface area contributed by atoms with Gasteiger partial charge in [-0.1, -0.05) is 42.1 Å². The van der Waals surface area contributed by atoms with Crippen molar-refractivity contribution in [3.05, 3.63) is 36.5 Å². The molecule has 2 rings (SSSR count). The summed E-state index contributed by atoms with van der Waals surface area (Å²) in [5.41, 5.74) is 1.85. The molecule has 2 aromatic rings. The number of benzene rings is 1. The van der Waals surface area contributed by atoms with Crippen LogP contribution in [0.15, 0.2) is 41.7 Å². The molecule has 4 nitrogen and oxygen atoms in total. The fourth-order valence-corrected chi connectivity index (χ4v) is 2.80. The average molecular weight is 343 g/mol. The van der Waals surface area contributed by atoms with Crippen molar-refractivity contribution < 1.29 is 18.0 Å². The standard InChI is InChI=1S/C15H16F3N3OS/c1-10(13(22)20-9-15(16,17)18)23-14-19-8-12(21(14)2)11-6-4-3-5-7-11/h3-8,10H,9H2,1-2H3,(H,20,22). The number of carbonyl (C=O) groups is 1. The van der Waals surface area contributed by atoms with E-state index in [4.69, 9.17) is 0 Å². The number of nitrogens with one attached hydrogen (secondary N) is 1. The van der Waals surface area contributed by atoms with Gasteiger partial charge in [0.2, 0.25) is 5.91 Å². The number of thioether (sulfide) groups is 1. The number of nitrogens with zero attached hydrogens (tertiary/aromatic N) is 2. The lowest BCUT2D eigenvalue weighted by Crippen LogP contribution is -2.38. The zero-order valence-corrected chi connectivity index (χ0v) is 13.4. The van der Waals surface area contributed by atoms with E-state index in [0.717, 1.165) is 23.0 Å². The van der Waals surface area contributed by atoms with Gasteiger partial charge in [-0.05, 0) is 12.5 Å². The highest BCUT2D eigenvalue weighted by atomic mass is 32.2. The Hall–Kier alpha value is -1.96. The summed E-state index contributed by atoms with van der Waals surface area (Å²) >= 11 is 1.12. The van der Waals surface area contributed by atoms with E-state index in [-0.39, 0.29) is 0 Å². The summed E-state index contributed by atoms with van der Waals surface area (Å²) < 4.78 is 38.2. The first-order valence-corrected chi connectivity index (χ1v) is 7.74. The van der Waals surface area contributed by atoms with E-state index in [1.54, 1.807) is 20.2 Å². The minimum atomic E-state index is -4.41. The molecule has 124 valence electrons. The van der Waals surface area contributed by atoms with E-state index < -0.39 is 23.9 Å². The van der Waals surface area contributed by atoms with Crippen LogP contribution in [0.1, 0.15) is 6.92 Å². The highest BCUT2D eigenvalue weighted by Gasteiger charge is 2.29. The molecule has 1 atom stereocenters. The molecule has 23 heavy (non-hydrogen) atoms. The monoisotopic (exact) mass is 343 g/mol. The van der Waals surface area contributed by atoms with Gasteiger partial charge in [0.05, 0.1) is 17.1 Å². The number of alkyl halides is 3. The van der Waals surface area contributed by atoms with E-state index in [9.17, 15) is 18.0 Å². The number of hydrogen-bond acceptors (Lipinski definition) is 3. The van der Waals surface area contributed by atoms with Gasteiger partial charge in [-0.15, -0.1) is 0 Å². The molecule has 8 heteroatoms. The maximum atomic E-state index is 12.1. The van der Waals surface area contributed by atoms with Crippen LogP contribution in [0.2, 0.25) is 0 Å². The average Bonchev–Trinajstić information content (AvgIpc) is 2.86. The van der Waals surface area contributed by atoms with Crippen LogP contribution in [-0.4, -0.2) is 33.4 Å². The van der Waals surface area contributed by atoms with Crippen molar-refractivity contribution in [2.45, 2.75) is 23.5 Å². The summed E-state index contributed by atoms with van der Waals surface area (Å²) in [5.74, 6) is -0.670. The maximum Gasteiger partial charge on any atom is 0.405 e. The SMILES string of the molecule is CC(Sc1ncc(-c2ccccc2)n1C)C(=O)NCC(F)(F)F. The van der Waals surface area contributed by atoms with Gasteiger partial charge in [0.15, 0.2) is 5.16 Å². The molecule has 1 heterocycles. The van der Waals surface area contributed by atoms with Crippen LogP contribution in [0.25, 0.3) is 11.3 Å². The fraction of sp³-hybridized carbons (Fsp3) is 0.333. The first-order valence-electron chi connectivity index (χ1n) is 6.86. The van der Waals surface area contributed by atoms with Crippen LogP contribution in [0, 0.1) is 0 Å². The van der Waals surface area contributed by atoms with Crippen molar-refractivity contribution in [3.63, 3.8) is 0 Å². The largest absolute Gasteiger partial charge is 0.405 e. The second-order valence-corrected chi connectivity index (χ2v) is 6.25. The van der Waals surface area contributed by atoms with Crippen molar-refractivity contribution in [1.29, 1.82) is 0 Å². The molecule has 0 aliphatic carbocycles. The lowest BCUT2D eigenvalue weighted by Gasteiger charge is -2.13. The Kier molecular flexibility index (Phi) is 5.35. The second kappa shape index (κ2) is 7.08. The van der Waals surface area contributed by atoms with Crippen LogP contribution in [0.5, 0.6) is 0 Å². The van der Waals surface area contributed by atoms with Gasteiger partial charge in [-0.2, -0.15) is 13.2 Å². The van der Waals surface area contributed by atoms with Crippen LogP contribution in [-0.2, 0) is 11.8 Å². The first kappa shape index (κ1) is 17.4. The molecule has 1 unspecified atom stereocenters. The molecule has 0 spiro atoms. The second-order valence-electron chi connectivity index (χ2n) is 4.94. The van der Waals surface area contributed by atoms with E-state index >= 15 is 0 Å². The molecule has 1 N–H and O–H groups in total. The van der Waals surface area contributed by atoms with E-state index in [2.05, 4.69) is 4.98 Å². The quantitative estimate of drug-likeness (QED) is 0.848. The van der Waals surface area contributed by atoms with Crippen molar-refractivity contribution in [1.82, 2.24) is 14.9 Å². The lowest BCUT2D eigenvalue weighted by molar-refractivity contribution is -0.137. The molecule has 1 aromatic heterocycles. The van der Waals surface area contributed by atoms with Crippen LogP contribution in [0.3, 0.4) is 0 Å². The minimum absolute atomic E-state index is 0.568. The summed E-state index contributed by atoms with van der Waals surface area (Å²) in [6, 6.07) is 9.59. The predicted octanol–water partition coefficient (Wildman–Crippen LogP) is 3.25. The molecule has 0 saturated heterocycles. The van der Waals surface area contributed by atoms with Gasteiger partial charge in [-0.3, -0.25) is 4.79 Å². The number of hydrogen-bond donors (Lipinski definition) is 1. The zero-order chi connectivity index (χ0) is 17.0. The smallest absolute Gasteiger partial charge is 0.346 e. The van der Waals surface area contributed by atoms with Gasteiger partial charge >= 0.3 is 6.18 Å². The van der Waals surface area contributed by atoms with Crippen LogP contribution in [0.4, 0.5) is 13.2 Å². The Labute approximate surface area is 136 Å². The van der Waals surface area contributed by atoms with Crippen molar-refractivity contribution >= 4 is 17.7 Å². The fourth-order valence-electron chi connectivity index (χ4n) is 1.92. The number of aromatic nitrogens is 2. The highest BCUT2D eigenvalue weighted by molar-refractivity contribution is 8.00. The molecular formula is C15H16F3N3OS. The Balaban J connectivity index is 2.03. The van der Waals surface area contributed by atoms with E-state index in [1.165, 1.54) is 0 Å².